The second-order valence-corrected chi connectivity index (χ2v) is 5.88. The number of benzene rings is 1. The highest BCUT2D eigenvalue weighted by Crippen LogP contribution is 2.29. The zero-order valence-corrected chi connectivity index (χ0v) is 10.9. The standard InChI is InChI=1S/C15H17NS/c1-11-4-2-5-13-8-12(10-16-15(11)13)9-14-6-3-7-17-14/h2-7,12,16H,8-10H2,1H3. The first-order chi connectivity index (χ1) is 8.33. The van der Waals surface area contributed by atoms with Crippen molar-refractivity contribution in [2.75, 3.05) is 11.9 Å². The molecule has 0 fully saturated rings. The van der Waals surface area contributed by atoms with E-state index < -0.39 is 0 Å². The summed E-state index contributed by atoms with van der Waals surface area (Å²) in [5, 5.41) is 5.77. The van der Waals surface area contributed by atoms with Gasteiger partial charge in [0.05, 0.1) is 0 Å². The van der Waals surface area contributed by atoms with Gasteiger partial charge in [-0.25, -0.2) is 0 Å². The van der Waals surface area contributed by atoms with Gasteiger partial charge in [0.15, 0.2) is 0 Å². The van der Waals surface area contributed by atoms with Crippen LogP contribution in [0.1, 0.15) is 16.0 Å². The Morgan fingerprint density at radius 1 is 1.29 bits per heavy atom. The summed E-state index contributed by atoms with van der Waals surface area (Å²) < 4.78 is 0. The minimum absolute atomic E-state index is 0.739. The highest BCUT2D eigenvalue weighted by Gasteiger charge is 2.19. The van der Waals surface area contributed by atoms with Gasteiger partial charge in [-0.1, -0.05) is 24.3 Å². The molecule has 0 spiro atoms. The van der Waals surface area contributed by atoms with Crippen molar-refractivity contribution < 1.29 is 0 Å². The Kier molecular flexibility index (Phi) is 2.89. The number of para-hydroxylation sites is 1. The van der Waals surface area contributed by atoms with E-state index in [1.54, 1.807) is 0 Å². The molecule has 1 aromatic heterocycles. The van der Waals surface area contributed by atoms with Crippen molar-refractivity contribution in [2.45, 2.75) is 19.8 Å². The fourth-order valence-corrected chi connectivity index (χ4v) is 3.46. The Morgan fingerprint density at radius 2 is 2.24 bits per heavy atom. The first kappa shape index (κ1) is 10.8. The molecule has 88 valence electrons. The number of fused-ring (bicyclic) bond motifs is 1. The van der Waals surface area contributed by atoms with E-state index in [2.05, 4.69) is 48.0 Å². The van der Waals surface area contributed by atoms with Gasteiger partial charge >= 0.3 is 0 Å². The second-order valence-electron chi connectivity index (χ2n) is 4.84. The number of rotatable bonds is 2. The monoisotopic (exact) mass is 243 g/mol. The summed E-state index contributed by atoms with van der Waals surface area (Å²) in [4.78, 5) is 1.51. The Bertz CT molecular complexity index is 502. The summed E-state index contributed by atoms with van der Waals surface area (Å²) in [7, 11) is 0. The van der Waals surface area contributed by atoms with Gasteiger partial charge in [-0.3, -0.25) is 0 Å². The number of thiophene rings is 1. The zero-order chi connectivity index (χ0) is 11.7. The molecule has 0 aliphatic carbocycles. The molecule has 0 bridgehead atoms. The normalized spacial score (nSPS) is 18.5. The van der Waals surface area contributed by atoms with Crippen LogP contribution in [0.5, 0.6) is 0 Å². The molecule has 2 aromatic rings. The molecule has 0 saturated carbocycles. The Morgan fingerprint density at radius 3 is 3.06 bits per heavy atom. The third kappa shape index (κ3) is 2.22. The summed E-state index contributed by atoms with van der Waals surface area (Å²) in [5.41, 5.74) is 4.23. The van der Waals surface area contributed by atoms with E-state index in [4.69, 9.17) is 0 Å². The number of aryl methyl sites for hydroxylation is 1. The molecule has 1 unspecified atom stereocenters. The summed E-state index contributed by atoms with van der Waals surface area (Å²) in [6.07, 6.45) is 2.42. The van der Waals surface area contributed by atoms with Crippen LogP contribution in [0.2, 0.25) is 0 Å². The molecule has 3 rings (SSSR count). The number of hydrogen-bond donors (Lipinski definition) is 1. The maximum Gasteiger partial charge on any atom is 0.0402 e. The minimum Gasteiger partial charge on any atom is -0.384 e. The molecule has 2 heteroatoms. The summed E-state index contributed by atoms with van der Waals surface area (Å²) in [6, 6.07) is 11.0. The third-order valence-corrected chi connectivity index (χ3v) is 4.40. The quantitative estimate of drug-likeness (QED) is 0.844. The molecule has 2 heterocycles. The molecule has 0 radical (unpaired) electrons. The molecule has 1 aliphatic heterocycles. The van der Waals surface area contributed by atoms with Crippen molar-refractivity contribution in [3.63, 3.8) is 0 Å². The zero-order valence-electron chi connectivity index (χ0n) is 10.1. The smallest absolute Gasteiger partial charge is 0.0402 e. The van der Waals surface area contributed by atoms with E-state index in [-0.39, 0.29) is 0 Å². The largest absolute Gasteiger partial charge is 0.384 e. The maximum atomic E-state index is 3.60. The van der Waals surface area contributed by atoms with E-state index in [0.29, 0.717) is 0 Å². The maximum absolute atomic E-state index is 3.60. The third-order valence-electron chi connectivity index (χ3n) is 3.51. The highest BCUT2D eigenvalue weighted by molar-refractivity contribution is 7.09. The van der Waals surface area contributed by atoms with Crippen LogP contribution < -0.4 is 5.32 Å². The van der Waals surface area contributed by atoms with E-state index in [0.717, 1.165) is 12.5 Å². The van der Waals surface area contributed by atoms with Gasteiger partial charge in [-0.15, -0.1) is 11.3 Å². The average Bonchev–Trinajstić information content (AvgIpc) is 2.82. The van der Waals surface area contributed by atoms with E-state index in [9.17, 15) is 0 Å². The van der Waals surface area contributed by atoms with Gasteiger partial charge < -0.3 is 5.32 Å². The van der Waals surface area contributed by atoms with Gasteiger partial charge in [0.25, 0.3) is 0 Å². The molecular weight excluding hydrogens is 226 g/mol. The van der Waals surface area contributed by atoms with Crippen LogP contribution in [0.4, 0.5) is 5.69 Å². The van der Waals surface area contributed by atoms with E-state index >= 15 is 0 Å². The summed E-state index contributed by atoms with van der Waals surface area (Å²) in [5.74, 6) is 0.739. The Hall–Kier alpha value is -1.28. The fourth-order valence-electron chi connectivity index (χ4n) is 2.64. The summed E-state index contributed by atoms with van der Waals surface area (Å²) in [6.45, 7) is 3.29. The number of nitrogens with one attached hydrogen (secondary N) is 1. The average molecular weight is 243 g/mol. The Balaban J connectivity index is 1.77. The predicted molar refractivity (Wildman–Crippen MR) is 74.9 cm³/mol. The van der Waals surface area contributed by atoms with Crippen LogP contribution in [0.15, 0.2) is 35.7 Å². The number of anilines is 1. The highest BCUT2D eigenvalue weighted by atomic mass is 32.1. The van der Waals surface area contributed by atoms with Crippen molar-refractivity contribution >= 4 is 17.0 Å². The van der Waals surface area contributed by atoms with Gasteiger partial charge in [-0.05, 0) is 48.3 Å². The van der Waals surface area contributed by atoms with Gasteiger partial charge in [0.2, 0.25) is 0 Å². The first-order valence-corrected chi connectivity index (χ1v) is 7.05. The van der Waals surface area contributed by atoms with Crippen LogP contribution >= 0.6 is 11.3 Å². The van der Waals surface area contributed by atoms with Crippen molar-refractivity contribution in [3.8, 4) is 0 Å². The van der Waals surface area contributed by atoms with Crippen LogP contribution in [-0.4, -0.2) is 6.54 Å². The SMILES string of the molecule is Cc1cccc2c1NCC(Cc1cccs1)C2. The molecule has 0 saturated heterocycles. The van der Waals surface area contributed by atoms with Crippen molar-refractivity contribution in [1.82, 2.24) is 0 Å². The molecule has 1 aliphatic rings. The molecule has 17 heavy (non-hydrogen) atoms. The van der Waals surface area contributed by atoms with Gasteiger partial charge in [-0.2, -0.15) is 0 Å². The fraction of sp³-hybridized carbons (Fsp3) is 0.333. The van der Waals surface area contributed by atoms with Crippen molar-refractivity contribution in [3.05, 3.63) is 51.7 Å². The lowest BCUT2D eigenvalue weighted by atomic mass is 9.90. The van der Waals surface area contributed by atoms with Crippen LogP contribution in [-0.2, 0) is 12.8 Å². The lowest BCUT2D eigenvalue weighted by Crippen LogP contribution is -2.25. The molecule has 0 amide bonds. The van der Waals surface area contributed by atoms with E-state index in [1.165, 1.54) is 34.5 Å². The van der Waals surface area contributed by atoms with Crippen LogP contribution in [0.25, 0.3) is 0 Å². The molecule has 1 atom stereocenters. The van der Waals surface area contributed by atoms with E-state index in [1.807, 2.05) is 11.3 Å². The van der Waals surface area contributed by atoms with Crippen LogP contribution in [0.3, 0.4) is 0 Å². The Labute approximate surface area is 106 Å². The minimum atomic E-state index is 0.739. The van der Waals surface area contributed by atoms with Crippen LogP contribution in [0, 0.1) is 12.8 Å². The van der Waals surface area contributed by atoms with Gasteiger partial charge in [0.1, 0.15) is 0 Å². The second kappa shape index (κ2) is 4.53. The molecule has 1 N–H and O–H groups in total. The molecule has 1 aromatic carbocycles. The number of hydrogen-bond acceptors (Lipinski definition) is 2. The lowest BCUT2D eigenvalue weighted by Gasteiger charge is -2.27. The van der Waals surface area contributed by atoms with Gasteiger partial charge in [0, 0.05) is 17.1 Å². The topological polar surface area (TPSA) is 12.0 Å². The van der Waals surface area contributed by atoms with Crippen molar-refractivity contribution in [1.29, 1.82) is 0 Å². The van der Waals surface area contributed by atoms with Crippen molar-refractivity contribution in [2.24, 2.45) is 5.92 Å². The predicted octanol–water partition coefficient (Wildman–Crippen LogP) is 3.88. The molecular formula is C15H17NS. The summed E-state index contributed by atoms with van der Waals surface area (Å²) >= 11 is 1.87. The molecule has 1 nitrogen and oxygen atoms in total. The first-order valence-electron chi connectivity index (χ1n) is 6.17. The lowest BCUT2D eigenvalue weighted by molar-refractivity contribution is 0.539.